The van der Waals surface area contributed by atoms with Crippen molar-refractivity contribution in [2.45, 2.75) is 32.4 Å². The quantitative estimate of drug-likeness (QED) is 0.180. The minimum absolute atomic E-state index is 0.0502. The summed E-state index contributed by atoms with van der Waals surface area (Å²) in [5, 5.41) is 9.76. The smallest absolute Gasteiger partial charge is 0.335 e. The Morgan fingerprint density at radius 2 is 1.76 bits per heavy atom. The zero-order chi connectivity index (χ0) is 29.4. The van der Waals surface area contributed by atoms with Crippen molar-refractivity contribution in [3.8, 4) is 17.1 Å². The highest BCUT2D eigenvalue weighted by Crippen LogP contribution is 2.48. The lowest BCUT2D eigenvalue weighted by Gasteiger charge is -2.16. The van der Waals surface area contributed by atoms with E-state index in [9.17, 15) is 18.7 Å². The molecule has 1 saturated carbocycles. The number of carboxylic acids is 1. The van der Waals surface area contributed by atoms with Crippen molar-refractivity contribution in [2.75, 3.05) is 6.67 Å². The van der Waals surface area contributed by atoms with Crippen LogP contribution in [-0.4, -0.2) is 32.3 Å². The Morgan fingerprint density at radius 1 is 0.976 bits per heavy atom. The molecule has 10 heteroatoms. The van der Waals surface area contributed by atoms with Crippen molar-refractivity contribution in [1.29, 1.82) is 0 Å². The second-order valence-corrected chi connectivity index (χ2v) is 11.1. The van der Waals surface area contributed by atoms with Gasteiger partial charge in [0.2, 0.25) is 5.88 Å². The van der Waals surface area contributed by atoms with Gasteiger partial charge >= 0.3 is 5.97 Å². The van der Waals surface area contributed by atoms with Crippen molar-refractivity contribution in [3.63, 3.8) is 0 Å². The Balaban J connectivity index is 1.25. The van der Waals surface area contributed by atoms with Gasteiger partial charge in [-0.15, -0.1) is 0 Å². The van der Waals surface area contributed by atoms with Crippen LogP contribution >= 0.6 is 11.6 Å². The number of imidazole rings is 1. The van der Waals surface area contributed by atoms with E-state index in [1.54, 1.807) is 42.5 Å². The van der Waals surface area contributed by atoms with Gasteiger partial charge < -0.3 is 14.4 Å². The fourth-order valence-corrected chi connectivity index (χ4v) is 5.09. The number of aromatic carboxylic acids is 1. The van der Waals surface area contributed by atoms with Crippen molar-refractivity contribution < 1.29 is 27.8 Å². The minimum atomic E-state index is -1.07. The Labute approximate surface area is 244 Å². The van der Waals surface area contributed by atoms with Gasteiger partial charge in [-0.3, -0.25) is 4.39 Å². The molecule has 0 spiro atoms. The largest absolute Gasteiger partial charge is 0.478 e. The zero-order valence-electron chi connectivity index (χ0n) is 22.3. The first-order valence-corrected chi connectivity index (χ1v) is 13.7. The van der Waals surface area contributed by atoms with Crippen molar-refractivity contribution >= 4 is 28.6 Å². The van der Waals surface area contributed by atoms with Gasteiger partial charge in [0.1, 0.15) is 24.1 Å². The molecular formula is C32H25ClF3N3O3. The molecule has 0 atom stereocenters. The second kappa shape index (κ2) is 11.1. The van der Waals surface area contributed by atoms with Crippen LogP contribution in [0.25, 0.3) is 22.3 Å². The Kier molecular flexibility index (Phi) is 7.36. The Morgan fingerprint density at radius 3 is 2.48 bits per heavy atom. The third kappa shape index (κ3) is 5.69. The number of halogens is 4. The highest BCUT2D eigenvalue weighted by Gasteiger charge is 2.43. The van der Waals surface area contributed by atoms with E-state index in [1.807, 2.05) is 4.57 Å². The summed E-state index contributed by atoms with van der Waals surface area (Å²) < 4.78 is 50.9. The van der Waals surface area contributed by atoms with Crippen LogP contribution in [0.5, 0.6) is 5.88 Å². The highest BCUT2D eigenvalue weighted by atomic mass is 35.5. The molecule has 0 radical (unpaired) electrons. The van der Waals surface area contributed by atoms with Crippen molar-refractivity contribution in [1.82, 2.24) is 14.5 Å². The van der Waals surface area contributed by atoms with Crippen LogP contribution < -0.4 is 4.74 Å². The van der Waals surface area contributed by atoms with E-state index in [0.29, 0.717) is 45.8 Å². The maximum absolute atomic E-state index is 15.5. The lowest BCUT2D eigenvalue weighted by molar-refractivity contribution is 0.0697. The number of pyridine rings is 1. The number of carbonyl (C=O) groups is 1. The first-order chi connectivity index (χ1) is 20.2. The topological polar surface area (TPSA) is 77.2 Å². The third-order valence-electron chi connectivity index (χ3n) is 7.62. The molecule has 2 heterocycles. The molecule has 1 aliphatic carbocycles. The van der Waals surface area contributed by atoms with Crippen LogP contribution in [-0.2, 0) is 19.6 Å². The number of nitrogens with zero attached hydrogens (tertiary/aromatic N) is 3. The number of aromatic nitrogens is 3. The molecule has 0 unspecified atom stereocenters. The zero-order valence-corrected chi connectivity index (χ0v) is 23.0. The summed E-state index contributed by atoms with van der Waals surface area (Å²) in [6.45, 7) is -0.196. The molecule has 0 amide bonds. The van der Waals surface area contributed by atoms with E-state index in [1.165, 1.54) is 30.3 Å². The predicted octanol–water partition coefficient (Wildman–Crippen LogP) is 7.65. The summed E-state index contributed by atoms with van der Waals surface area (Å²) in [7, 11) is 0. The Bertz CT molecular complexity index is 1820. The van der Waals surface area contributed by atoms with Crippen molar-refractivity contribution in [3.05, 3.63) is 112 Å². The molecule has 0 bridgehead atoms. The Hall–Kier alpha value is -4.37. The lowest BCUT2D eigenvalue weighted by atomic mass is 10.0. The summed E-state index contributed by atoms with van der Waals surface area (Å²) in [6, 6.07) is 18.8. The summed E-state index contributed by atoms with van der Waals surface area (Å²) >= 11 is 5.81. The van der Waals surface area contributed by atoms with Crippen LogP contribution in [0.4, 0.5) is 13.2 Å². The number of hydrogen-bond acceptors (Lipinski definition) is 4. The molecule has 0 aliphatic heterocycles. The monoisotopic (exact) mass is 591 g/mol. The SMILES string of the molecule is O=C(O)c1ccc2nc(Cc3ccc(-c4cccc(OCc5ccc(Cl)cc5F)n4)cc3F)n(CC3(CF)CC3)c2c1. The van der Waals surface area contributed by atoms with E-state index >= 15 is 4.39 Å². The fraction of sp³-hybridized carbons (Fsp3) is 0.219. The number of ether oxygens (including phenoxy) is 1. The first-order valence-electron chi connectivity index (χ1n) is 13.3. The van der Waals surface area contributed by atoms with E-state index in [4.69, 9.17) is 16.3 Å². The molecule has 214 valence electrons. The van der Waals surface area contributed by atoms with Gasteiger partial charge in [0.05, 0.1) is 29.0 Å². The second-order valence-electron chi connectivity index (χ2n) is 10.6. The summed E-state index contributed by atoms with van der Waals surface area (Å²) in [5.74, 6) is -1.24. The van der Waals surface area contributed by atoms with Gasteiger partial charge in [0.25, 0.3) is 0 Å². The molecule has 5 aromatic rings. The number of alkyl halides is 1. The van der Waals surface area contributed by atoms with Crippen LogP contribution in [0.2, 0.25) is 5.02 Å². The average Bonchev–Trinajstić information content (AvgIpc) is 3.68. The van der Waals surface area contributed by atoms with Gasteiger partial charge in [-0.1, -0.05) is 35.9 Å². The van der Waals surface area contributed by atoms with Gasteiger partial charge in [-0.2, -0.15) is 0 Å². The van der Waals surface area contributed by atoms with E-state index in [2.05, 4.69) is 9.97 Å². The van der Waals surface area contributed by atoms with Crippen LogP contribution in [0.1, 0.15) is 40.2 Å². The third-order valence-corrected chi connectivity index (χ3v) is 7.86. The van der Waals surface area contributed by atoms with E-state index < -0.39 is 29.7 Å². The normalized spacial score (nSPS) is 13.8. The molecule has 6 rings (SSSR count). The van der Waals surface area contributed by atoms with Gasteiger partial charge in [0, 0.05) is 40.6 Å². The van der Waals surface area contributed by atoms with Gasteiger partial charge in [-0.05, 0) is 60.9 Å². The minimum Gasteiger partial charge on any atom is -0.478 e. The van der Waals surface area contributed by atoms with Crippen molar-refractivity contribution in [2.24, 2.45) is 5.41 Å². The molecule has 0 saturated heterocycles. The molecular weight excluding hydrogens is 567 g/mol. The maximum Gasteiger partial charge on any atom is 0.335 e. The van der Waals surface area contributed by atoms with Crippen LogP contribution in [0, 0.1) is 17.0 Å². The fourth-order valence-electron chi connectivity index (χ4n) is 4.93. The molecule has 3 aromatic carbocycles. The summed E-state index contributed by atoms with van der Waals surface area (Å²) in [6.07, 6.45) is 1.60. The van der Waals surface area contributed by atoms with E-state index in [-0.39, 0.29) is 29.5 Å². The highest BCUT2D eigenvalue weighted by molar-refractivity contribution is 6.30. The number of rotatable bonds is 10. The predicted molar refractivity (Wildman–Crippen MR) is 153 cm³/mol. The standard InChI is InChI=1S/C32H25ClF3N3O3/c33-23-8-6-22(25(36)15-23)16-42-30-3-1-2-26(38-30)20-5-4-19(24(35)12-20)14-29-37-27-9-7-21(31(40)41)13-28(27)39(29)18-32(17-34)10-11-32/h1-9,12-13,15H,10-11,14,16-18H2,(H,40,41). The first kappa shape index (κ1) is 27.8. The molecule has 2 aromatic heterocycles. The molecule has 1 aliphatic rings. The van der Waals surface area contributed by atoms with Crippen LogP contribution in [0.15, 0.2) is 72.8 Å². The number of benzene rings is 3. The van der Waals surface area contributed by atoms with Gasteiger partial charge in [-0.25, -0.2) is 23.5 Å². The lowest BCUT2D eigenvalue weighted by Crippen LogP contribution is -2.16. The number of hydrogen-bond donors (Lipinski definition) is 1. The maximum atomic E-state index is 15.5. The number of carboxylic acid groups (broad SMARTS) is 1. The summed E-state index contributed by atoms with van der Waals surface area (Å²) in [4.78, 5) is 20.7. The molecule has 1 fully saturated rings. The van der Waals surface area contributed by atoms with E-state index in [0.717, 1.165) is 12.8 Å². The molecule has 42 heavy (non-hydrogen) atoms. The molecule has 1 N–H and O–H groups in total. The molecule has 6 nitrogen and oxygen atoms in total. The van der Waals surface area contributed by atoms with Crippen LogP contribution in [0.3, 0.4) is 0 Å². The number of fused-ring (bicyclic) bond motifs is 1. The summed E-state index contributed by atoms with van der Waals surface area (Å²) in [5.41, 5.74) is 2.46. The van der Waals surface area contributed by atoms with Gasteiger partial charge in [0.15, 0.2) is 0 Å². The average molecular weight is 592 g/mol.